The molecule has 146 valence electrons. The number of ether oxygens (including phenoxy) is 1. The zero-order chi connectivity index (χ0) is 19.5. The molecule has 1 aliphatic carbocycles. The van der Waals surface area contributed by atoms with Gasteiger partial charge in [0.15, 0.2) is 0 Å². The van der Waals surface area contributed by atoms with Gasteiger partial charge in [0.1, 0.15) is 18.2 Å². The number of imidazole rings is 1. The fourth-order valence-electron chi connectivity index (χ4n) is 3.95. The van der Waals surface area contributed by atoms with E-state index in [0.29, 0.717) is 6.61 Å². The van der Waals surface area contributed by atoms with Crippen LogP contribution in [0.15, 0.2) is 42.7 Å². The van der Waals surface area contributed by atoms with Crippen molar-refractivity contribution in [2.45, 2.75) is 44.6 Å². The minimum Gasteiger partial charge on any atom is -0.487 e. The number of rotatable bonds is 7. The molecule has 0 amide bonds. The number of aromatic amines is 1. The summed E-state index contributed by atoms with van der Waals surface area (Å²) in [5.74, 6) is 0.379. The molecule has 0 fully saturated rings. The molecule has 1 aromatic carbocycles. The Morgan fingerprint density at radius 3 is 2.75 bits per heavy atom. The van der Waals surface area contributed by atoms with Gasteiger partial charge in [-0.2, -0.15) is 0 Å². The second-order valence-electron chi connectivity index (χ2n) is 7.41. The first-order valence-corrected chi connectivity index (χ1v) is 9.71. The second kappa shape index (κ2) is 7.92. The summed E-state index contributed by atoms with van der Waals surface area (Å²) in [5.41, 5.74) is 4.80. The third-order valence-electron chi connectivity index (χ3n) is 5.40. The largest absolute Gasteiger partial charge is 0.487 e. The lowest BCUT2D eigenvalue weighted by Crippen LogP contribution is -2.12. The van der Waals surface area contributed by atoms with Crippen molar-refractivity contribution in [1.82, 2.24) is 14.5 Å². The van der Waals surface area contributed by atoms with Crippen molar-refractivity contribution < 1.29 is 14.6 Å². The van der Waals surface area contributed by atoms with Crippen LogP contribution in [0.4, 0.5) is 0 Å². The van der Waals surface area contributed by atoms with Crippen molar-refractivity contribution in [2.75, 3.05) is 0 Å². The number of fused-ring (bicyclic) bond motifs is 1. The Bertz CT molecular complexity index is 932. The number of nitrogens with one attached hydrogen (secondary N) is 1. The molecule has 1 atom stereocenters. The van der Waals surface area contributed by atoms with Crippen LogP contribution in [0, 0.1) is 0 Å². The highest BCUT2D eigenvalue weighted by atomic mass is 16.5. The van der Waals surface area contributed by atoms with Gasteiger partial charge in [-0.25, -0.2) is 4.98 Å². The van der Waals surface area contributed by atoms with E-state index in [2.05, 4.69) is 16.0 Å². The number of carbonyl (C=O) groups is 1. The Morgan fingerprint density at radius 1 is 1.29 bits per heavy atom. The minimum absolute atomic E-state index is 0.000907. The van der Waals surface area contributed by atoms with E-state index in [0.717, 1.165) is 35.7 Å². The van der Waals surface area contributed by atoms with Crippen LogP contribution in [0.25, 0.3) is 0 Å². The van der Waals surface area contributed by atoms with Crippen molar-refractivity contribution in [2.24, 2.45) is 7.05 Å². The van der Waals surface area contributed by atoms with Crippen LogP contribution in [0.1, 0.15) is 53.5 Å². The van der Waals surface area contributed by atoms with E-state index >= 15 is 0 Å². The first-order valence-electron chi connectivity index (χ1n) is 9.71. The molecular weight excluding hydrogens is 354 g/mol. The number of carboxylic acid groups (broad SMARTS) is 1. The SMILES string of the molecule is Cn1ccnc1C(CC(=O)O)c1ccc(OCc2cc3c([nH]2)CCCC3)cc1. The monoisotopic (exact) mass is 379 g/mol. The Balaban J connectivity index is 1.45. The normalized spacial score (nSPS) is 14.5. The van der Waals surface area contributed by atoms with Crippen LogP contribution >= 0.6 is 0 Å². The molecule has 3 aromatic rings. The van der Waals surface area contributed by atoms with Gasteiger partial charge in [-0.15, -0.1) is 0 Å². The smallest absolute Gasteiger partial charge is 0.304 e. The van der Waals surface area contributed by atoms with Gasteiger partial charge in [0.2, 0.25) is 0 Å². The van der Waals surface area contributed by atoms with E-state index in [4.69, 9.17) is 4.74 Å². The standard InChI is InChI=1S/C22H25N3O3/c1-25-11-10-23-22(25)19(13-21(26)27)15-6-8-18(9-7-15)28-14-17-12-16-4-2-3-5-20(16)24-17/h6-12,19,24H,2-5,13-14H2,1H3,(H,26,27). The maximum absolute atomic E-state index is 11.3. The van der Waals surface area contributed by atoms with Crippen molar-refractivity contribution in [1.29, 1.82) is 0 Å². The predicted octanol–water partition coefficient (Wildman–Crippen LogP) is 3.81. The summed E-state index contributed by atoms with van der Waals surface area (Å²) in [4.78, 5) is 19.2. The minimum atomic E-state index is -0.843. The van der Waals surface area contributed by atoms with E-state index in [1.54, 1.807) is 6.20 Å². The lowest BCUT2D eigenvalue weighted by Gasteiger charge is -2.16. The summed E-state index contributed by atoms with van der Waals surface area (Å²) < 4.78 is 7.80. The number of hydrogen-bond donors (Lipinski definition) is 2. The Labute approximate surface area is 164 Å². The lowest BCUT2D eigenvalue weighted by atomic mass is 9.94. The van der Waals surface area contributed by atoms with Crippen molar-refractivity contribution in [3.8, 4) is 5.75 Å². The number of H-pyrrole nitrogens is 1. The number of aryl methyl sites for hydroxylation is 3. The summed E-state index contributed by atoms with van der Waals surface area (Å²) in [6, 6.07) is 9.87. The van der Waals surface area contributed by atoms with Gasteiger partial charge in [0.25, 0.3) is 0 Å². The molecule has 2 heterocycles. The van der Waals surface area contributed by atoms with Crippen molar-refractivity contribution in [3.05, 3.63) is 71.1 Å². The maximum Gasteiger partial charge on any atom is 0.304 e. The molecule has 0 aliphatic heterocycles. The lowest BCUT2D eigenvalue weighted by molar-refractivity contribution is -0.137. The molecule has 2 N–H and O–H groups in total. The molecule has 0 saturated heterocycles. The molecule has 0 spiro atoms. The summed E-state index contributed by atoms with van der Waals surface area (Å²) >= 11 is 0. The summed E-state index contributed by atoms with van der Waals surface area (Å²) in [7, 11) is 1.88. The third-order valence-corrected chi connectivity index (χ3v) is 5.40. The van der Waals surface area contributed by atoms with E-state index in [1.807, 2.05) is 42.1 Å². The van der Waals surface area contributed by atoms with Crippen LogP contribution in [-0.4, -0.2) is 25.6 Å². The van der Waals surface area contributed by atoms with Gasteiger partial charge in [0.05, 0.1) is 18.0 Å². The molecule has 1 unspecified atom stereocenters. The number of aromatic nitrogens is 3. The molecule has 6 nitrogen and oxygen atoms in total. The highest BCUT2D eigenvalue weighted by Crippen LogP contribution is 2.28. The quantitative estimate of drug-likeness (QED) is 0.654. The van der Waals surface area contributed by atoms with E-state index in [-0.39, 0.29) is 12.3 Å². The van der Waals surface area contributed by atoms with Gasteiger partial charge >= 0.3 is 5.97 Å². The van der Waals surface area contributed by atoms with E-state index < -0.39 is 5.97 Å². The van der Waals surface area contributed by atoms with Crippen LogP contribution in [0.5, 0.6) is 5.75 Å². The van der Waals surface area contributed by atoms with Gasteiger partial charge < -0.3 is 19.4 Å². The zero-order valence-electron chi connectivity index (χ0n) is 16.0. The molecule has 2 aromatic heterocycles. The fourth-order valence-corrected chi connectivity index (χ4v) is 3.95. The number of nitrogens with zero attached hydrogens (tertiary/aromatic N) is 2. The summed E-state index contributed by atoms with van der Waals surface area (Å²) in [5, 5.41) is 9.30. The summed E-state index contributed by atoms with van der Waals surface area (Å²) in [6.07, 6.45) is 8.32. The van der Waals surface area contributed by atoms with Crippen LogP contribution < -0.4 is 4.74 Å². The highest BCUT2D eigenvalue weighted by Gasteiger charge is 2.21. The molecule has 0 saturated carbocycles. The Morgan fingerprint density at radius 2 is 2.07 bits per heavy atom. The number of hydrogen-bond acceptors (Lipinski definition) is 3. The van der Waals surface area contributed by atoms with Gasteiger partial charge in [0, 0.05) is 25.1 Å². The van der Waals surface area contributed by atoms with Crippen LogP contribution in [-0.2, 0) is 31.3 Å². The third kappa shape index (κ3) is 3.96. The average Bonchev–Trinajstić information content (AvgIpc) is 3.30. The number of aliphatic carboxylic acids is 1. The van der Waals surface area contributed by atoms with Gasteiger partial charge in [-0.1, -0.05) is 12.1 Å². The molecule has 28 heavy (non-hydrogen) atoms. The Hall–Kier alpha value is -3.02. The first kappa shape index (κ1) is 18.3. The number of benzene rings is 1. The van der Waals surface area contributed by atoms with Crippen molar-refractivity contribution >= 4 is 5.97 Å². The first-order chi connectivity index (χ1) is 13.6. The predicted molar refractivity (Wildman–Crippen MR) is 106 cm³/mol. The van der Waals surface area contributed by atoms with Crippen molar-refractivity contribution in [3.63, 3.8) is 0 Å². The van der Waals surface area contributed by atoms with E-state index in [1.165, 1.54) is 24.1 Å². The topological polar surface area (TPSA) is 80.1 Å². The molecule has 0 bridgehead atoms. The molecule has 4 rings (SSSR count). The zero-order valence-corrected chi connectivity index (χ0v) is 16.0. The second-order valence-corrected chi connectivity index (χ2v) is 7.41. The maximum atomic E-state index is 11.3. The van der Waals surface area contributed by atoms with Gasteiger partial charge in [-0.3, -0.25) is 4.79 Å². The molecular formula is C22H25N3O3. The summed E-state index contributed by atoms with van der Waals surface area (Å²) in [6.45, 7) is 0.504. The molecule has 0 radical (unpaired) electrons. The van der Waals surface area contributed by atoms with Crippen LogP contribution in [0.2, 0.25) is 0 Å². The van der Waals surface area contributed by atoms with Gasteiger partial charge in [-0.05, 0) is 55.0 Å². The fraction of sp³-hybridized carbons (Fsp3) is 0.364. The molecule has 6 heteroatoms. The number of carboxylic acids is 1. The highest BCUT2D eigenvalue weighted by molar-refractivity contribution is 5.68. The van der Waals surface area contributed by atoms with Crippen LogP contribution in [0.3, 0.4) is 0 Å². The average molecular weight is 379 g/mol. The molecule has 1 aliphatic rings. The Kier molecular flexibility index (Phi) is 5.19. The van der Waals surface area contributed by atoms with E-state index in [9.17, 15) is 9.90 Å².